The highest BCUT2D eigenvalue weighted by Gasteiger charge is 2.11. The first-order valence-electron chi connectivity index (χ1n) is 5.31. The maximum atomic E-state index is 6.10. The van der Waals surface area contributed by atoms with Crippen LogP contribution in [0.4, 0.5) is 0 Å². The van der Waals surface area contributed by atoms with Crippen molar-refractivity contribution in [3.8, 4) is 0 Å². The molecule has 2 aromatic rings. The quantitative estimate of drug-likeness (QED) is 0.910. The average molecular weight is 270 g/mol. The third-order valence-corrected chi connectivity index (χ3v) is 3.22. The minimum Gasteiger partial charge on any atom is -0.469 e. The third-order valence-electron chi connectivity index (χ3n) is 2.63. The van der Waals surface area contributed by atoms with Crippen molar-refractivity contribution in [2.24, 2.45) is 5.73 Å². The molecule has 0 radical (unpaired) electrons. The molecule has 1 atom stereocenters. The van der Waals surface area contributed by atoms with E-state index in [0.717, 1.165) is 16.9 Å². The standard InChI is InChI=1S/C13H13Cl2NO/c1-8-4-10(7-17-8)13(16)5-9-2-3-11(14)6-12(9)15/h2-4,6-7,13H,5,16H2,1H3. The number of aryl methyl sites for hydroxylation is 1. The lowest BCUT2D eigenvalue weighted by Gasteiger charge is -2.10. The van der Waals surface area contributed by atoms with Gasteiger partial charge in [-0.05, 0) is 37.1 Å². The van der Waals surface area contributed by atoms with Gasteiger partial charge in [-0.1, -0.05) is 29.3 Å². The molecule has 90 valence electrons. The van der Waals surface area contributed by atoms with Gasteiger partial charge in [-0.3, -0.25) is 0 Å². The van der Waals surface area contributed by atoms with E-state index in [9.17, 15) is 0 Å². The molecule has 0 spiro atoms. The van der Waals surface area contributed by atoms with Crippen molar-refractivity contribution in [2.45, 2.75) is 19.4 Å². The van der Waals surface area contributed by atoms with Crippen molar-refractivity contribution in [3.63, 3.8) is 0 Å². The van der Waals surface area contributed by atoms with Crippen LogP contribution in [-0.4, -0.2) is 0 Å². The average Bonchev–Trinajstić information content (AvgIpc) is 2.69. The predicted molar refractivity (Wildman–Crippen MR) is 70.5 cm³/mol. The zero-order valence-electron chi connectivity index (χ0n) is 9.41. The largest absolute Gasteiger partial charge is 0.469 e. The summed E-state index contributed by atoms with van der Waals surface area (Å²) in [5, 5.41) is 1.28. The molecule has 0 amide bonds. The summed E-state index contributed by atoms with van der Waals surface area (Å²) >= 11 is 11.9. The van der Waals surface area contributed by atoms with Crippen LogP contribution in [0.5, 0.6) is 0 Å². The lowest BCUT2D eigenvalue weighted by molar-refractivity contribution is 0.528. The van der Waals surface area contributed by atoms with E-state index in [1.807, 2.05) is 25.1 Å². The number of hydrogen-bond acceptors (Lipinski definition) is 2. The summed E-state index contributed by atoms with van der Waals surface area (Å²) in [6.45, 7) is 1.89. The number of nitrogens with two attached hydrogens (primary N) is 1. The van der Waals surface area contributed by atoms with Crippen molar-refractivity contribution < 1.29 is 4.42 Å². The third kappa shape index (κ3) is 3.03. The van der Waals surface area contributed by atoms with Crippen LogP contribution >= 0.6 is 23.2 Å². The monoisotopic (exact) mass is 269 g/mol. The zero-order valence-corrected chi connectivity index (χ0v) is 10.9. The maximum Gasteiger partial charge on any atom is 0.101 e. The highest BCUT2D eigenvalue weighted by molar-refractivity contribution is 6.35. The Hall–Kier alpha value is -0.960. The first-order valence-corrected chi connectivity index (χ1v) is 6.06. The molecule has 0 aliphatic heterocycles. The molecule has 2 rings (SSSR count). The highest BCUT2D eigenvalue weighted by atomic mass is 35.5. The van der Waals surface area contributed by atoms with Crippen LogP contribution < -0.4 is 5.73 Å². The molecule has 1 aromatic heterocycles. The topological polar surface area (TPSA) is 39.2 Å². The molecule has 0 aliphatic rings. The van der Waals surface area contributed by atoms with Gasteiger partial charge in [0.15, 0.2) is 0 Å². The Balaban J connectivity index is 2.15. The summed E-state index contributed by atoms with van der Waals surface area (Å²) < 4.78 is 5.24. The van der Waals surface area contributed by atoms with Crippen molar-refractivity contribution in [2.75, 3.05) is 0 Å². The Kier molecular flexibility index (Phi) is 3.77. The van der Waals surface area contributed by atoms with Crippen LogP contribution in [0, 0.1) is 6.92 Å². The molecular weight excluding hydrogens is 257 g/mol. The van der Waals surface area contributed by atoms with Crippen molar-refractivity contribution in [1.82, 2.24) is 0 Å². The zero-order chi connectivity index (χ0) is 12.4. The fourth-order valence-electron chi connectivity index (χ4n) is 1.70. The fraction of sp³-hybridized carbons (Fsp3) is 0.231. The van der Waals surface area contributed by atoms with Crippen LogP contribution in [0.3, 0.4) is 0 Å². The summed E-state index contributed by atoms with van der Waals surface area (Å²) in [7, 11) is 0. The van der Waals surface area contributed by atoms with Gasteiger partial charge in [-0.15, -0.1) is 0 Å². The summed E-state index contributed by atoms with van der Waals surface area (Å²) in [5.41, 5.74) is 8.06. The van der Waals surface area contributed by atoms with Gasteiger partial charge in [0.25, 0.3) is 0 Å². The minimum absolute atomic E-state index is 0.119. The van der Waals surface area contributed by atoms with Gasteiger partial charge in [0, 0.05) is 21.7 Å². The van der Waals surface area contributed by atoms with Crippen LogP contribution in [0.1, 0.15) is 22.9 Å². The summed E-state index contributed by atoms with van der Waals surface area (Å²) in [6.07, 6.45) is 2.35. The summed E-state index contributed by atoms with van der Waals surface area (Å²) in [6, 6.07) is 7.26. The Bertz CT molecular complexity index is 522. The van der Waals surface area contributed by atoms with E-state index in [4.69, 9.17) is 33.4 Å². The maximum absolute atomic E-state index is 6.10. The normalized spacial score (nSPS) is 12.7. The van der Waals surface area contributed by atoms with E-state index in [1.165, 1.54) is 0 Å². The molecule has 0 saturated carbocycles. The fourth-order valence-corrected chi connectivity index (χ4v) is 2.19. The van der Waals surface area contributed by atoms with Crippen LogP contribution in [0.15, 0.2) is 34.9 Å². The van der Waals surface area contributed by atoms with Gasteiger partial charge in [-0.25, -0.2) is 0 Å². The molecule has 2 N–H and O–H groups in total. The molecule has 17 heavy (non-hydrogen) atoms. The molecule has 0 aliphatic carbocycles. The molecule has 0 fully saturated rings. The first kappa shape index (κ1) is 12.5. The van der Waals surface area contributed by atoms with E-state index >= 15 is 0 Å². The molecule has 1 heterocycles. The highest BCUT2D eigenvalue weighted by Crippen LogP contribution is 2.25. The first-order chi connectivity index (χ1) is 8.06. The molecular formula is C13H13Cl2NO. The molecule has 4 heteroatoms. The lowest BCUT2D eigenvalue weighted by Crippen LogP contribution is -2.12. The second kappa shape index (κ2) is 5.13. The van der Waals surface area contributed by atoms with E-state index in [1.54, 1.807) is 12.3 Å². The van der Waals surface area contributed by atoms with Gasteiger partial charge in [0.2, 0.25) is 0 Å². The number of furan rings is 1. The Morgan fingerprint density at radius 1 is 1.29 bits per heavy atom. The van der Waals surface area contributed by atoms with E-state index in [-0.39, 0.29) is 6.04 Å². The van der Waals surface area contributed by atoms with Gasteiger partial charge in [0.1, 0.15) is 5.76 Å². The van der Waals surface area contributed by atoms with Gasteiger partial charge in [-0.2, -0.15) is 0 Å². The summed E-state index contributed by atoms with van der Waals surface area (Å²) in [5.74, 6) is 0.859. The number of rotatable bonds is 3. The summed E-state index contributed by atoms with van der Waals surface area (Å²) in [4.78, 5) is 0. The second-order valence-electron chi connectivity index (χ2n) is 4.04. The van der Waals surface area contributed by atoms with E-state index < -0.39 is 0 Å². The Labute approximate surface area is 110 Å². The molecule has 0 saturated heterocycles. The second-order valence-corrected chi connectivity index (χ2v) is 4.88. The van der Waals surface area contributed by atoms with Crippen LogP contribution in [-0.2, 0) is 6.42 Å². The van der Waals surface area contributed by atoms with E-state index in [0.29, 0.717) is 16.5 Å². The molecule has 1 unspecified atom stereocenters. The Morgan fingerprint density at radius 3 is 2.65 bits per heavy atom. The predicted octanol–water partition coefficient (Wildman–Crippen LogP) is 4.14. The van der Waals surface area contributed by atoms with E-state index in [2.05, 4.69) is 0 Å². The van der Waals surface area contributed by atoms with Crippen molar-refractivity contribution in [1.29, 1.82) is 0 Å². The molecule has 1 aromatic carbocycles. The molecule has 0 bridgehead atoms. The lowest BCUT2D eigenvalue weighted by atomic mass is 10.0. The smallest absolute Gasteiger partial charge is 0.101 e. The number of halogens is 2. The number of benzene rings is 1. The molecule has 2 nitrogen and oxygen atoms in total. The number of hydrogen-bond donors (Lipinski definition) is 1. The minimum atomic E-state index is -0.119. The van der Waals surface area contributed by atoms with Gasteiger partial charge < -0.3 is 10.2 Å². The van der Waals surface area contributed by atoms with Crippen molar-refractivity contribution >= 4 is 23.2 Å². The van der Waals surface area contributed by atoms with Gasteiger partial charge >= 0.3 is 0 Å². The Morgan fingerprint density at radius 2 is 2.06 bits per heavy atom. The van der Waals surface area contributed by atoms with Gasteiger partial charge in [0.05, 0.1) is 6.26 Å². The van der Waals surface area contributed by atoms with Crippen molar-refractivity contribution in [3.05, 3.63) is 57.5 Å². The van der Waals surface area contributed by atoms with Crippen LogP contribution in [0.2, 0.25) is 10.0 Å². The SMILES string of the molecule is Cc1cc(C(N)Cc2ccc(Cl)cc2Cl)co1. The van der Waals surface area contributed by atoms with Crippen LogP contribution in [0.25, 0.3) is 0 Å².